The van der Waals surface area contributed by atoms with Gasteiger partial charge in [-0.2, -0.15) is 5.10 Å². The number of primary amides is 1. The lowest BCUT2D eigenvalue weighted by atomic mass is 10.2. The highest BCUT2D eigenvalue weighted by Gasteiger charge is 2.03. The molecule has 0 bridgehead atoms. The summed E-state index contributed by atoms with van der Waals surface area (Å²) in [7, 11) is 1.82. The summed E-state index contributed by atoms with van der Waals surface area (Å²) < 4.78 is 1.69. The van der Waals surface area contributed by atoms with Crippen LogP contribution in [0.25, 0.3) is 0 Å². The first-order chi connectivity index (χ1) is 8.16. The second-order valence-electron chi connectivity index (χ2n) is 3.60. The molecular formula is C11H13N5O. The van der Waals surface area contributed by atoms with Crippen molar-refractivity contribution in [1.82, 2.24) is 14.8 Å². The molecule has 1 aromatic heterocycles. The maximum Gasteiger partial charge on any atom is 0.248 e. The molecule has 0 saturated heterocycles. The number of benzene rings is 1. The van der Waals surface area contributed by atoms with E-state index in [1.807, 2.05) is 13.1 Å². The molecule has 6 nitrogen and oxygen atoms in total. The average molecular weight is 231 g/mol. The number of amides is 1. The molecule has 1 aromatic carbocycles. The minimum Gasteiger partial charge on any atom is -0.378 e. The first-order valence-corrected chi connectivity index (χ1v) is 5.13. The van der Waals surface area contributed by atoms with Gasteiger partial charge in [0.2, 0.25) is 5.91 Å². The Morgan fingerprint density at radius 3 is 3.00 bits per heavy atom. The Morgan fingerprint density at radius 2 is 2.35 bits per heavy atom. The molecule has 2 aromatic rings. The van der Waals surface area contributed by atoms with Crippen LogP contribution in [0.2, 0.25) is 0 Å². The van der Waals surface area contributed by atoms with Gasteiger partial charge in [-0.3, -0.25) is 9.48 Å². The van der Waals surface area contributed by atoms with Crippen molar-refractivity contribution in [1.29, 1.82) is 0 Å². The molecular weight excluding hydrogens is 218 g/mol. The van der Waals surface area contributed by atoms with Crippen LogP contribution in [0, 0.1) is 0 Å². The van der Waals surface area contributed by atoms with Crippen LogP contribution in [0.1, 0.15) is 16.2 Å². The number of hydrogen-bond acceptors (Lipinski definition) is 4. The predicted molar refractivity (Wildman–Crippen MR) is 63.3 cm³/mol. The van der Waals surface area contributed by atoms with Gasteiger partial charge in [0, 0.05) is 18.3 Å². The summed E-state index contributed by atoms with van der Waals surface area (Å²) in [6, 6.07) is 7.02. The Hall–Kier alpha value is -2.37. The lowest BCUT2D eigenvalue weighted by molar-refractivity contribution is 0.100. The minimum atomic E-state index is -0.438. The van der Waals surface area contributed by atoms with Gasteiger partial charge in [0.25, 0.3) is 0 Å². The summed E-state index contributed by atoms with van der Waals surface area (Å²) in [4.78, 5) is 15.1. The third kappa shape index (κ3) is 2.60. The van der Waals surface area contributed by atoms with E-state index in [1.165, 1.54) is 6.33 Å². The Kier molecular flexibility index (Phi) is 3.04. The van der Waals surface area contributed by atoms with Crippen molar-refractivity contribution in [2.75, 3.05) is 5.32 Å². The summed E-state index contributed by atoms with van der Waals surface area (Å²) in [5, 5.41) is 7.12. The van der Waals surface area contributed by atoms with Crippen LogP contribution in [0.15, 0.2) is 30.6 Å². The molecule has 0 radical (unpaired) electrons. The second-order valence-corrected chi connectivity index (χ2v) is 3.60. The zero-order valence-electron chi connectivity index (χ0n) is 9.42. The van der Waals surface area contributed by atoms with Crippen LogP contribution in [-0.2, 0) is 13.6 Å². The van der Waals surface area contributed by atoms with Gasteiger partial charge in [-0.05, 0) is 18.2 Å². The van der Waals surface area contributed by atoms with Crippen LogP contribution < -0.4 is 11.1 Å². The molecule has 0 aliphatic rings. The molecule has 0 spiro atoms. The molecule has 0 atom stereocenters. The molecule has 17 heavy (non-hydrogen) atoms. The van der Waals surface area contributed by atoms with Gasteiger partial charge in [0.15, 0.2) is 0 Å². The van der Waals surface area contributed by atoms with Crippen molar-refractivity contribution in [3.8, 4) is 0 Å². The first-order valence-electron chi connectivity index (χ1n) is 5.13. The smallest absolute Gasteiger partial charge is 0.248 e. The van der Waals surface area contributed by atoms with E-state index in [0.717, 1.165) is 11.5 Å². The number of aromatic nitrogens is 3. The molecule has 0 unspecified atom stereocenters. The lowest BCUT2D eigenvalue weighted by Gasteiger charge is -2.06. The molecule has 6 heteroatoms. The van der Waals surface area contributed by atoms with Crippen molar-refractivity contribution < 1.29 is 4.79 Å². The van der Waals surface area contributed by atoms with Crippen molar-refractivity contribution in [2.45, 2.75) is 6.54 Å². The van der Waals surface area contributed by atoms with Gasteiger partial charge in [-0.15, -0.1) is 0 Å². The number of aryl methyl sites for hydroxylation is 1. The first kappa shape index (κ1) is 11.1. The Balaban J connectivity index is 2.07. The summed E-state index contributed by atoms with van der Waals surface area (Å²) in [6.45, 7) is 0.540. The fourth-order valence-electron chi connectivity index (χ4n) is 1.44. The van der Waals surface area contributed by atoms with Gasteiger partial charge >= 0.3 is 0 Å². The molecule has 1 amide bonds. The molecule has 0 fully saturated rings. The molecule has 88 valence electrons. The molecule has 0 aliphatic heterocycles. The third-order valence-corrected chi connectivity index (χ3v) is 2.40. The topological polar surface area (TPSA) is 85.8 Å². The maximum absolute atomic E-state index is 11.0. The van der Waals surface area contributed by atoms with Crippen LogP contribution in [0.5, 0.6) is 0 Å². The van der Waals surface area contributed by atoms with Crippen molar-refractivity contribution in [3.63, 3.8) is 0 Å². The van der Waals surface area contributed by atoms with E-state index in [1.54, 1.807) is 22.9 Å². The average Bonchev–Trinajstić information content (AvgIpc) is 2.72. The minimum absolute atomic E-state index is 0.438. The highest BCUT2D eigenvalue weighted by atomic mass is 16.1. The van der Waals surface area contributed by atoms with Crippen LogP contribution in [0.4, 0.5) is 5.69 Å². The van der Waals surface area contributed by atoms with Gasteiger partial charge in [0.05, 0.1) is 6.54 Å². The number of anilines is 1. The molecule has 0 saturated carbocycles. The quantitative estimate of drug-likeness (QED) is 0.803. The molecule has 3 N–H and O–H groups in total. The number of carbonyl (C=O) groups excluding carboxylic acids is 1. The number of carbonyl (C=O) groups is 1. The van der Waals surface area contributed by atoms with Crippen LogP contribution >= 0.6 is 0 Å². The summed E-state index contributed by atoms with van der Waals surface area (Å²) >= 11 is 0. The number of nitrogens with two attached hydrogens (primary N) is 1. The van der Waals surface area contributed by atoms with Gasteiger partial charge in [0.1, 0.15) is 12.2 Å². The summed E-state index contributed by atoms with van der Waals surface area (Å²) in [5.41, 5.74) is 6.51. The number of nitrogens with one attached hydrogen (secondary N) is 1. The fraction of sp³-hybridized carbons (Fsp3) is 0.182. The van der Waals surface area contributed by atoms with E-state index in [2.05, 4.69) is 15.4 Å². The normalized spacial score (nSPS) is 10.2. The molecule has 1 heterocycles. The van der Waals surface area contributed by atoms with Crippen LogP contribution in [0.3, 0.4) is 0 Å². The van der Waals surface area contributed by atoms with Gasteiger partial charge < -0.3 is 11.1 Å². The third-order valence-electron chi connectivity index (χ3n) is 2.40. The number of nitrogens with zero attached hydrogens (tertiary/aromatic N) is 3. The summed E-state index contributed by atoms with van der Waals surface area (Å²) in [6.07, 6.45) is 1.50. The van der Waals surface area contributed by atoms with E-state index in [0.29, 0.717) is 12.1 Å². The Bertz CT molecular complexity index is 534. The Morgan fingerprint density at radius 1 is 1.53 bits per heavy atom. The molecule has 2 rings (SSSR count). The second kappa shape index (κ2) is 4.65. The van der Waals surface area contributed by atoms with E-state index < -0.39 is 5.91 Å². The van der Waals surface area contributed by atoms with E-state index in [-0.39, 0.29) is 0 Å². The monoisotopic (exact) mass is 231 g/mol. The number of rotatable bonds is 4. The SMILES string of the molecule is Cn1ncnc1CNc1cccc(C(N)=O)c1. The van der Waals surface area contributed by atoms with Gasteiger partial charge in [-0.25, -0.2) is 4.98 Å². The van der Waals surface area contributed by atoms with E-state index >= 15 is 0 Å². The maximum atomic E-state index is 11.0. The van der Waals surface area contributed by atoms with Crippen molar-refractivity contribution >= 4 is 11.6 Å². The zero-order chi connectivity index (χ0) is 12.3. The van der Waals surface area contributed by atoms with E-state index in [9.17, 15) is 4.79 Å². The highest BCUT2D eigenvalue weighted by molar-refractivity contribution is 5.93. The van der Waals surface area contributed by atoms with Crippen molar-refractivity contribution in [2.24, 2.45) is 12.8 Å². The van der Waals surface area contributed by atoms with Crippen LogP contribution in [-0.4, -0.2) is 20.7 Å². The molecule has 0 aliphatic carbocycles. The highest BCUT2D eigenvalue weighted by Crippen LogP contribution is 2.10. The van der Waals surface area contributed by atoms with E-state index in [4.69, 9.17) is 5.73 Å². The largest absolute Gasteiger partial charge is 0.378 e. The van der Waals surface area contributed by atoms with Crippen molar-refractivity contribution in [3.05, 3.63) is 42.0 Å². The van der Waals surface area contributed by atoms with Gasteiger partial charge in [-0.1, -0.05) is 6.07 Å². The zero-order valence-corrected chi connectivity index (χ0v) is 9.42. The summed E-state index contributed by atoms with van der Waals surface area (Å²) in [5.74, 6) is 0.377. The standard InChI is InChI=1S/C11H13N5O/c1-16-10(14-7-15-16)6-13-9-4-2-3-8(5-9)11(12)17/h2-5,7,13H,6H2,1H3,(H2,12,17). The Labute approximate surface area is 98.5 Å². The number of hydrogen-bond donors (Lipinski definition) is 2. The fourth-order valence-corrected chi connectivity index (χ4v) is 1.44. The predicted octanol–water partition coefficient (Wildman–Crippen LogP) is 0.526. The lowest BCUT2D eigenvalue weighted by Crippen LogP contribution is -2.11.